The van der Waals surface area contributed by atoms with Gasteiger partial charge >= 0.3 is 6.18 Å². The van der Waals surface area contributed by atoms with E-state index in [1.54, 1.807) is 12.1 Å². The van der Waals surface area contributed by atoms with E-state index in [2.05, 4.69) is 39.0 Å². The molecule has 0 saturated heterocycles. The van der Waals surface area contributed by atoms with E-state index in [-0.39, 0.29) is 10.6 Å². The molecule has 124 valence electrons. The van der Waals surface area contributed by atoms with E-state index in [0.717, 1.165) is 5.56 Å². The molecule has 0 heterocycles. The molecule has 0 aliphatic carbocycles. The van der Waals surface area contributed by atoms with Crippen molar-refractivity contribution >= 4 is 14.0 Å². The quantitative estimate of drug-likeness (QED) is 0.367. The topological polar surface area (TPSA) is 41.8 Å². The average Bonchev–Trinajstić information content (AvgIpc) is 2.35. The largest absolute Gasteiger partial charge is 0.437 e. The normalized spacial score (nSPS) is 14.3. The Morgan fingerprint density at radius 3 is 2.00 bits per heavy atom. The van der Waals surface area contributed by atoms with Crippen LogP contribution in [0.5, 0.6) is 0 Å². The summed E-state index contributed by atoms with van der Waals surface area (Å²) in [6, 6.07) is 5.68. The van der Waals surface area contributed by atoms with E-state index in [4.69, 9.17) is 9.63 Å². The number of nitrogens with zero attached hydrogens (tertiary/aromatic N) is 1. The number of alkyl halides is 3. The van der Waals surface area contributed by atoms with Crippen LogP contribution in [0, 0.1) is 0 Å². The zero-order valence-electron chi connectivity index (χ0n) is 13.5. The Balaban J connectivity index is 2.83. The monoisotopic (exact) mass is 333 g/mol. The summed E-state index contributed by atoms with van der Waals surface area (Å²) in [4.78, 5) is 0. The fraction of sp³-hybridized carbons (Fsp3) is 0.533. The average molecular weight is 333 g/mol. The number of hydrogen-bond acceptors (Lipinski definition) is 3. The van der Waals surface area contributed by atoms with Gasteiger partial charge in [0.25, 0.3) is 0 Å². The third-order valence-corrected chi connectivity index (χ3v) is 8.48. The molecule has 0 radical (unpaired) electrons. The predicted octanol–water partition coefficient (Wildman–Crippen LogP) is 4.95. The molecule has 1 rings (SSSR count). The summed E-state index contributed by atoms with van der Waals surface area (Å²) in [5.41, 5.74) is -0.691. The molecule has 0 spiro atoms. The Kier molecular flexibility index (Phi) is 5.45. The maximum atomic E-state index is 12.6. The summed E-state index contributed by atoms with van der Waals surface area (Å²) >= 11 is 0. The van der Waals surface area contributed by atoms with Gasteiger partial charge in [0, 0.05) is 5.56 Å². The number of oxime groups is 1. The fourth-order valence-corrected chi connectivity index (χ4v) is 2.48. The summed E-state index contributed by atoms with van der Waals surface area (Å²) in [6.45, 7) is 10.9. The summed E-state index contributed by atoms with van der Waals surface area (Å²) < 4.78 is 43.9. The Labute approximate surface area is 129 Å². The second-order valence-electron chi connectivity index (χ2n) is 6.69. The van der Waals surface area contributed by atoms with Gasteiger partial charge in [0.1, 0.15) is 0 Å². The number of rotatable bonds is 4. The van der Waals surface area contributed by atoms with Gasteiger partial charge in [-0.25, -0.2) is 0 Å². The molecule has 0 atom stereocenters. The minimum absolute atomic E-state index is 0.0694. The van der Waals surface area contributed by atoms with Crippen molar-refractivity contribution in [1.82, 2.24) is 0 Å². The van der Waals surface area contributed by atoms with Crippen molar-refractivity contribution in [2.45, 2.75) is 51.7 Å². The predicted molar refractivity (Wildman–Crippen MR) is 82.8 cm³/mol. The first-order chi connectivity index (χ1) is 9.88. The van der Waals surface area contributed by atoms with Crippen LogP contribution in [0.1, 0.15) is 31.9 Å². The summed E-state index contributed by atoms with van der Waals surface area (Å²) in [6.07, 6.45) is -4.69. The van der Waals surface area contributed by atoms with Gasteiger partial charge in [-0.3, -0.25) is 0 Å². The Morgan fingerprint density at radius 1 is 1.14 bits per heavy atom. The third kappa shape index (κ3) is 4.57. The molecule has 0 aliphatic heterocycles. The number of halogens is 3. The summed E-state index contributed by atoms with van der Waals surface area (Å²) in [5.74, 6) is 0. The van der Waals surface area contributed by atoms with Crippen molar-refractivity contribution in [3.8, 4) is 0 Å². The molecule has 3 nitrogen and oxygen atoms in total. The van der Waals surface area contributed by atoms with E-state index in [1.807, 2.05) is 0 Å². The minimum atomic E-state index is -4.69. The molecule has 0 unspecified atom stereocenters. The van der Waals surface area contributed by atoms with Gasteiger partial charge in [-0.15, -0.1) is 0 Å². The van der Waals surface area contributed by atoms with Gasteiger partial charge < -0.3 is 9.63 Å². The number of benzene rings is 1. The molecule has 0 aromatic heterocycles. The van der Waals surface area contributed by atoms with Crippen LogP contribution in [-0.4, -0.2) is 25.4 Å². The van der Waals surface area contributed by atoms with Crippen molar-refractivity contribution in [3.05, 3.63) is 35.4 Å². The maximum absolute atomic E-state index is 12.6. The molecule has 7 heteroatoms. The van der Waals surface area contributed by atoms with Crippen LogP contribution in [-0.2, 0) is 11.0 Å². The number of hydrogen-bond donors (Lipinski definition) is 1. The van der Waals surface area contributed by atoms with Gasteiger partial charge in [0.05, 0.1) is 6.61 Å². The van der Waals surface area contributed by atoms with Crippen molar-refractivity contribution in [2.24, 2.45) is 5.16 Å². The highest BCUT2D eigenvalue weighted by Crippen LogP contribution is 2.37. The van der Waals surface area contributed by atoms with Gasteiger partial charge in [-0.1, -0.05) is 50.2 Å². The molecule has 0 bridgehead atoms. The van der Waals surface area contributed by atoms with Gasteiger partial charge in [0.15, 0.2) is 14.0 Å². The van der Waals surface area contributed by atoms with Crippen LogP contribution in [0.25, 0.3) is 0 Å². The second-order valence-corrected chi connectivity index (χ2v) is 11.5. The van der Waals surface area contributed by atoms with E-state index in [0.29, 0.717) is 6.61 Å². The van der Waals surface area contributed by atoms with Crippen LogP contribution >= 0.6 is 0 Å². The maximum Gasteiger partial charge on any atom is 0.437 e. The molecule has 0 amide bonds. The lowest BCUT2D eigenvalue weighted by Gasteiger charge is -2.36. The Bertz CT molecular complexity index is 531. The first-order valence-electron chi connectivity index (χ1n) is 6.91. The molecular formula is C15H22F3NO2Si. The highest BCUT2D eigenvalue weighted by molar-refractivity contribution is 6.74. The second kappa shape index (κ2) is 6.42. The highest BCUT2D eigenvalue weighted by atomic mass is 28.4. The Hall–Kier alpha value is -1.34. The lowest BCUT2D eigenvalue weighted by molar-refractivity contribution is -0.0601. The minimum Gasteiger partial charge on any atom is -0.413 e. The summed E-state index contributed by atoms with van der Waals surface area (Å²) in [5, 5.41) is 10.9. The van der Waals surface area contributed by atoms with Crippen molar-refractivity contribution < 1.29 is 22.8 Å². The molecular weight excluding hydrogens is 311 g/mol. The van der Waals surface area contributed by atoms with Crippen LogP contribution in [0.4, 0.5) is 13.2 Å². The summed E-state index contributed by atoms with van der Waals surface area (Å²) in [7, 11) is -1.90. The molecule has 1 N–H and O–H groups in total. The Morgan fingerprint density at radius 2 is 1.64 bits per heavy atom. The zero-order valence-corrected chi connectivity index (χ0v) is 14.5. The van der Waals surface area contributed by atoms with Gasteiger partial charge in [0.2, 0.25) is 0 Å². The van der Waals surface area contributed by atoms with Crippen LogP contribution in [0.2, 0.25) is 18.1 Å². The molecule has 1 aromatic carbocycles. The van der Waals surface area contributed by atoms with E-state index in [9.17, 15) is 13.2 Å². The van der Waals surface area contributed by atoms with Crippen molar-refractivity contribution in [2.75, 3.05) is 0 Å². The van der Waals surface area contributed by atoms with E-state index < -0.39 is 20.2 Å². The molecule has 1 aromatic rings. The standard InChI is InChI=1S/C15H22F3NO2Si/c1-14(2,3)22(4,5)21-10-11-6-8-12(9-7-11)13(19-20)15(16,17)18/h6-9,20H,10H2,1-5H3/b19-13-. The SMILES string of the molecule is CC(C)(C)[Si](C)(C)OCc1ccc(/C(=N/O)C(F)(F)F)cc1. The zero-order chi connectivity index (χ0) is 17.2. The first-order valence-corrected chi connectivity index (χ1v) is 9.82. The molecule has 0 fully saturated rings. The highest BCUT2D eigenvalue weighted by Gasteiger charge is 2.38. The first kappa shape index (κ1) is 18.7. The van der Waals surface area contributed by atoms with Crippen LogP contribution in [0.3, 0.4) is 0 Å². The van der Waals surface area contributed by atoms with Crippen molar-refractivity contribution in [3.63, 3.8) is 0 Å². The van der Waals surface area contributed by atoms with Gasteiger partial charge in [-0.2, -0.15) is 13.2 Å². The van der Waals surface area contributed by atoms with E-state index in [1.165, 1.54) is 12.1 Å². The molecule has 22 heavy (non-hydrogen) atoms. The van der Waals surface area contributed by atoms with Crippen LogP contribution in [0.15, 0.2) is 29.4 Å². The smallest absolute Gasteiger partial charge is 0.413 e. The lowest BCUT2D eigenvalue weighted by atomic mass is 10.1. The fourth-order valence-electron chi connectivity index (χ4n) is 1.52. The van der Waals surface area contributed by atoms with Crippen molar-refractivity contribution in [1.29, 1.82) is 0 Å². The van der Waals surface area contributed by atoms with Gasteiger partial charge in [-0.05, 0) is 23.7 Å². The van der Waals surface area contributed by atoms with Crippen LogP contribution < -0.4 is 0 Å². The van der Waals surface area contributed by atoms with E-state index >= 15 is 0 Å². The third-order valence-electron chi connectivity index (χ3n) is 4.00. The molecule has 0 aliphatic rings. The molecule has 0 saturated carbocycles. The lowest BCUT2D eigenvalue weighted by Crippen LogP contribution is -2.40.